The first-order valence-electron chi connectivity index (χ1n) is 4.82. The van der Waals surface area contributed by atoms with Crippen molar-refractivity contribution in [2.75, 3.05) is 5.32 Å². The van der Waals surface area contributed by atoms with Crippen LogP contribution < -0.4 is 10.6 Å². The number of aryl methyl sites for hydroxylation is 1. The van der Waals surface area contributed by atoms with Crippen LogP contribution in [0.2, 0.25) is 0 Å². The zero-order valence-corrected chi connectivity index (χ0v) is 10.2. The average molecular weight is 273 g/mol. The molecule has 8 nitrogen and oxygen atoms in total. The predicted molar refractivity (Wildman–Crippen MR) is 62.7 cm³/mol. The number of aliphatic carboxylic acids is 2. The van der Waals surface area contributed by atoms with Crippen molar-refractivity contribution in [3.63, 3.8) is 0 Å². The Bertz CT molecular complexity index is 473. The fraction of sp³-hybridized carbons (Fsp3) is 0.333. The van der Waals surface area contributed by atoms with Crippen LogP contribution in [-0.4, -0.2) is 39.2 Å². The summed E-state index contributed by atoms with van der Waals surface area (Å²) in [5.41, 5.74) is 0.718. The maximum atomic E-state index is 11.4. The molecule has 0 bridgehead atoms. The minimum absolute atomic E-state index is 0.310. The Morgan fingerprint density at radius 3 is 2.56 bits per heavy atom. The summed E-state index contributed by atoms with van der Waals surface area (Å²) in [6, 6.07) is -2.29. The van der Waals surface area contributed by atoms with Crippen LogP contribution in [0.15, 0.2) is 5.38 Å². The minimum atomic E-state index is -1.48. The lowest BCUT2D eigenvalue weighted by atomic mass is 10.2. The largest absolute Gasteiger partial charge is 0.481 e. The van der Waals surface area contributed by atoms with Crippen LogP contribution in [0.5, 0.6) is 0 Å². The van der Waals surface area contributed by atoms with E-state index in [0.717, 1.165) is 5.69 Å². The average Bonchev–Trinajstić information content (AvgIpc) is 2.62. The monoisotopic (exact) mass is 273 g/mol. The van der Waals surface area contributed by atoms with Crippen molar-refractivity contribution in [1.29, 1.82) is 0 Å². The first kappa shape index (κ1) is 13.9. The van der Waals surface area contributed by atoms with Crippen molar-refractivity contribution in [2.45, 2.75) is 19.4 Å². The van der Waals surface area contributed by atoms with E-state index < -0.39 is 30.4 Å². The third-order valence-electron chi connectivity index (χ3n) is 1.82. The van der Waals surface area contributed by atoms with Gasteiger partial charge in [-0.2, -0.15) is 0 Å². The van der Waals surface area contributed by atoms with E-state index in [2.05, 4.69) is 10.3 Å². The van der Waals surface area contributed by atoms with Crippen LogP contribution in [0.25, 0.3) is 0 Å². The van der Waals surface area contributed by atoms with Gasteiger partial charge in [0.25, 0.3) is 0 Å². The molecule has 1 rings (SSSR count). The van der Waals surface area contributed by atoms with Gasteiger partial charge in [-0.3, -0.25) is 10.1 Å². The molecule has 0 aliphatic heterocycles. The van der Waals surface area contributed by atoms with Crippen LogP contribution in [0.3, 0.4) is 0 Å². The van der Waals surface area contributed by atoms with E-state index in [9.17, 15) is 14.4 Å². The molecule has 0 saturated carbocycles. The van der Waals surface area contributed by atoms with Gasteiger partial charge in [-0.1, -0.05) is 0 Å². The number of carboxylic acids is 2. The van der Waals surface area contributed by atoms with Gasteiger partial charge < -0.3 is 15.5 Å². The number of amides is 2. The van der Waals surface area contributed by atoms with Crippen LogP contribution in [0.1, 0.15) is 12.1 Å². The molecule has 0 saturated heterocycles. The first-order chi connectivity index (χ1) is 8.38. The van der Waals surface area contributed by atoms with Crippen molar-refractivity contribution in [1.82, 2.24) is 10.3 Å². The van der Waals surface area contributed by atoms with E-state index in [0.29, 0.717) is 5.13 Å². The van der Waals surface area contributed by atoms with E-state index in [1.807, 2.05) is 5.32 Å². The summed E-state index contributed by atoms with van der Waals surface area (Å²) in [6.45, 7) is 1.74. The summed E-state index contributed by atoms with van der Waals surface area (Å²) >= 11 is 1.18. The van der Waals surface area contributed by atoms with E-state index in [1.165, 1.54) is 11.3 Å². The van der Waals surface area contributed by atoms with Gasteiger partial charge in [-0.15, -0.1) is 11.3 Å². The third-order valence-corrected chi connectivity index (χ3v) is 2.70. The molecule has 1 aromatic heterocycles. The molecule has 0 aliphatic rings. The fourth-order valence-corrected chi connectivity index (χ4v) is 1.76. The number of hydrogen-bond acceptors (Lipinski definition) is 5. The lowest BCUT2D eigenvalue weighted by Crippen LogP contribution is -2.44. The zero-order chi connectivity index (χ0) is 13.7. The Kier molecular flexibility index (Phi) is 4.60. The summed E-state index contributed by atoms with van der Waals surface area (Å²) in [7, 11) is 0. The van der Waals surface area contributed by atoms with Crippen LogP contribution >= 0.6 is 11.3 Å². The Balaban J connectivity index is 2.56. The van der Waals surface area contributed by atoms with Gasteiger partial charge in [0.05, 0.1) is 12.1 Å². The minimum Gasteiger partial charge on any atom is -0.481 e. The molecule has 4 N–H and O–H groups in total. The van der Waals surface area contributed by atoms with Gasteiger partial charge in [-0.05, 0) is 6.92 Å². The number of anilines is 1. The van der Waals surface area contributed by atoms with E-state index >= 15 is 0 Å². The molecule has 0 spiro atoms. The topological polar surface area (TPSA) is 129 Å². The maximum absolute atomic E-state index is 11.4. The smallest absolute Gasteiger partial charge is 0.326 e. The second-order valence-corrected chi connectivity index (χ2v) is 4.24. The molecule has 9 heteroatoms. The number of urea groups is 1. The Labute approximate surface area is 106 Å². The van der Waals surface area contributed by atoms with Crippen molar-refractivity contribution in [3.05, 3.63) is 11.1 Å². The van der Waals surface area contributed by atoms with Crippen molar-refractivity contribution < 1.29 is 24.6 Å². The van der Waals surface area contributed by atoms with Gasteiger partial charge >= 0.3 is 18.0 Å². The summed E-state index contributed by atoms with van der Waals surface area (Å²) < 4.78 is 0. The third kappa shape index (κ3) is 4.37. The van der Waals surface area contributed by atoms with E-state index in [4.69, 9.17) is 10.2 Å². The van der Waals surface area contributed by atoms with Gasteiger partial charge in [0.1, 0.15) is 6.04 Å². The highest BCUT2D eigenvalue weighted by Crippen LogP contribution is 2.13. The molecule has 1 aromatic rings. The highest BCUT2D eigenvalue weighted by Gasteiger charge is 2.23. The summed E-state index contributed by atoms with van der Waals surface area (Å²) in [5.74, 6) is -2.73. The molecule has 2 amide bonds. The zero-order valence-electron chi connectivity index (χ0n) is 9.34. The molecule has 1 heterocycles. The highest BCUT2D eigenvalue weighted by molar-refractivity contribution is 7.13. The second-order valence-electron chi connectivity index (χ2n) is 3.38. The van der Waals surface area contributed by atoms with Crippen molar-refractivity contribution >= 4 is 34.4 Å². The molecule has 0 unspecified atom stereocenters. The summed E-state index contributed by atoms with van der Waals surface area (Å²) in [6.07, 6.45) is -0.695. The highest BCUT2D eigenvalue weighted by atomic mass is 32.1. The van der Waals surface area contributed by atoms with Crippen LogP contribution in [0.4, 0.5) is 9.93 Å². The maximum Gasteiger partial charge on any atom is 0.326 e. The Hall–Kier alpha value is -2.16. The molecule has 0 aromatic carbocycles. The summed E-state index contributed by atoms with van der Waals surface area (Å²) in [5, 5.41) is 23.6. The van der Waals surface area contributed by atoms with Crippen LogP contribution in [0, 0.1) is 6.92 Å². The molecule has 18 heavy (non-hydrogen) atoms. The second kappa shape index (κ2) is 5.96. The molecular weight excluding hydrogens is 262 g/mol. The summed E-state index contributed by atoms with van der Waals surface area (Å²) in [4.78, 5) is 36.5. The van der Waals surface area contributed by atoms with Gasteiger partial charge in [0.15, 0.2) is 5.13 Å². The quantitative estimate of drug-likeness (QED) is 0.618. The van der Waals surface area contributed by atoms with Gasteiger partial charge in [0.2, 0.25) is 0 Å². The number of nitrogens with one attached hydrogen (secondary N) is 2. The van der Waals surface area contributed by atoms with Gasteiger partial charge in [-0.25, -0.2) is 14.6 Å². The van der Waals surface area contributed by atoms with Gasteiger partial charge in [0, 0.05) is 5.38 Å². The first-order valence-corrected chi connectivity index (χ1v) is 5.70. The number of thiazole rings is 1. The number of carbonyl (C=O) groups excluding carboxylic acids is 1. The van der Waals surface area contributed by atoms with Crippen molar-refractivity contribution in [3.8, 4) is 0 Å². The molecular formula is C9H11N3O5S. The normalized spacial score (nSPS) is 11.6. The van der Waals surface area contributed by atoms with Crippen molar-refractivity contribution in [2.24, 2.45) is 0 Å². The standard InChI is InChI=1S/C9H11N3O5S/c1-4-3-18-9(10-4)12-8(17)11-5(7(15)16)2-6(13)14/h3,5H,2H2,1H3,(H,13,14)(H,15,16)(H2,10,11,12,17)/t5-/m0/s1. The SMILES string of the molecule is Cc1csc(NC(=O)N[C@@H](CC(=O)O)C(=O)O)n1. The molecule has 98 valence electrons. The van der Waals surface area contributed by atoms with Crippen LogP contribution in [-0.2, 0) is 9.59 Å². The van der Waals surface area contributed by atoms with E-state index in [1.54, 1.807) is 12.3 Å². The lowest BCUT2D eigenvalue weighted by Gasteiger charge is -2.11. The number of rotatable bonds is 5. The number of aromatic nitrogens is 1. The number of carboxylic acid groups (broad SMARTS) is 2. The van der Waals surface area contributed by atoms with E-state index in [-0.39, 0.29) is 0 Å². The lowest BCUT2D eigenvalue weighted by molar-refractivity contribution is -0.145. The molecule has 1 atom stereocenters. The molecule has 0 fully saturated rings. The molecule has 0 radical (unpaired) electrons. The number of carbonyl (C=O) groups is 3. The Morgan fingerprint density at radius 1 is 1.44 bits per heavy atom. The number of nitrogens with zero attached hydrogens (tertiary/aromatic N) is 1. The Morgan fingerprint density at radius 2 is 2.11 bits per heavy atom. The number of hydrogen-bond donors (Lipinski definition) is 4. The molecule has 0 aliphatic carbocycles. The predicted octanol–water partition coefficient (Wildman–Crippen LogP) is 0.501. The fourth-order valence-electron chi connectivity index (χ4n) is 1.08.